The smallest absolute Gasteiger partial charge is 0.106 e. The Morgan fingerprint density at radius 3 is 1.25 bits per heavy atom. The van der Waals surface area contributed by atoms with Crippen LogP contribution in [0.5, 0.6) is 0 Å². The fourth-order valence-corrected chi connectivity index (χ4v) is 0.602. The molecule has 1 saturated carbocycles. The lowest BCUT2D eigenvalue weighted by Gasteiger charge is -1.64. The molecule has 0 heterocycles. The highest BCUT2D eigenvalue weighted by atomic mass is 35.5. The largest absolute Gasteiger partial charge is 0.247 e. The van der Waals surface area contributed by atoms with Crippen molar-refractivity contribution in [2.75, 3.05) is 6.38 Å². The van der Waals surface area contributed by atoms with Gasteiger partial charge >= 0.3 is 0 Å². The molecule has 0 bridgehead atoms. The highest BCUT2D eigenvalue weighted by molar-refractivity contribution is 6.15. The van der Waals surface area contributed by atoms with Crippen LogP contribution in [0.1, 0.15) is 13.8 Å². The van der Waals surface area contributed by atoms with Crippen molar-refractivity contribution in [3.8, 4) is 0 Å². The Balaban J connectivity index is 0.000000222. The summed E-state index contributed by atoms with van der Waals surface area (Å²) in [6.45, 7) is 3.88. The van der Waals surface area contributed by atoms with E-state index in [2.05, 4.69) is 11.6 Å². The molecular weight excluding hydrogens is 127 g/mol. The molecule has 1 aliphatic carbocycles. The molecule has 1 rings (SSSR count). The monoisotopic (exact) mass is 138 g/mol. The molecule has 2 heteroatoms. The van der Waals surface area contributed by atoms with E-state index in [0.717, 1.165) is 0 Å². The Morgan fingerprint density at radius 1 is 1.12 bits per heavy atom. The van der Waals surface area contributed by atoms with E-state index in [1.807, 2.05) is 13.8 Å². The van der Waals surface area contributed by atoms with Crippen molar-refractivity contribution in [1.29, 1.82) is 0 Å². The average molecular weight is 139 g/mol. The van der Waals surface area contributed by atoms with Gasteiger partial charge in [-0.3, -0.25) is 0 Å². The van der Waals surface area contributed by atoms with Crippen LogP contribution in [-0.2, 0) is 0 Å². The molecule has 0 aromatic rings. The Morgan fingerprint density at radius 2 is 1.25 bits per heavy atom. The zero-order valence-corrected chi connectivity index (χ0v) is 6.24. The van der Waals surface area contributed by atoms with Gasteiger partial charge in [0.25, 0.3) is 0 Å². The molecule has 0 aromatic carbocycles. The van der Waals surface area contributed by atoms with Crippen LogP contribution in [0.2, 0.25) is 0 Å². The maximum Gasteiger partial charge on any atom is 0.106 e. The molecule has 2 atom stereocenters. The van der Waals surface area contributed by atoms with E-state index < -0.39 is 6.17 Å². The highest BCUT2D eigenvalue weighted by Crippen LogP contribution is 2.40. The zero-order chi connectivity index (χ0) is 6.73. The summed E-state index contributed by atoms with van der Waals surface area (Å²) in [6, 6.07) is 0. The zero-order valence-electron chi connectivity index (χ0n) is 5.49. The van der Waals surface area contributed by atoms with Crippen molar-refractivity contribution in [1.82, 2.24) is 0 Å². The van der Waals surface area contributed by atoms with Gasteiger partial charge in [-0.05, 0) is 11.8 Å². The van der Waals surface area contributed by atoms with Gasteiger partial charge in [-0.1, -0.05) is 13.8 Å². The molecule has 50 valence electrons. The molecule has 0 N–H and O–H groups in total. The van der Waals surface area contributed by atoms with Crippen LogP contribution in [0, 0.1) is 11.8 Å². The van der Waals surface area contributed by atoms with Gasteiger partial charge in [0.2, 0.25) is 0 Å². The van der Waals surface area contributed by atoms with Gasteiger partial charge in [0.15, 0.2) is 0 Å². The average Bonchev–Trinajstić information content (AvgIpc) is 2.30. The first-order valence-electron chi connectivity index (χ1n) is 2.75. The topological polar surface area (TPSA) is 0 Å². The third-order valence-corrected chi connectivity index (χ3v) is 1.69. The molecule has 0 aliphatic heterocycles. The molecule has 1 fully saturated rings. The molecule has 0 radical (unpaired) electrons. The summed E-state index contributed by atoms with van der Waals surface area (Å²) in [4.78, 5) is 0. The first kappa shape index (κ1) is 8.22. The highest BCUT2D eigenvalue weighted by Gasteiger charge is 2.43. The van der Waals surface area contributed by atoms with Crippen molar-refractivity contribution in [2.45, 2.75) is 20.0 Å². The summed E-state index contributed by atoms with van der Waals surface area (Å²) >= 11 is 4.64. The van der Waals surface area contributed by atoms with E-state index in [-0.39, 0.29) is 0 Å². The van der Waals surface area contributed by atoms with E-state index in [0.29, 0.717) is 11.8 Å². The van der Waals surface area contributed by atoms with Crippen LogP contribution in [0.15, 0.2) is 0 Å². The molecule has 0 saturated heterocycles. The van der Waals surface area contributed by atoms with E-state index in [4.69, 9.17) is 0 Å². The lowest BCUT2D eigenvalue weighted by molar-refractivity contribution is 0.440. The molecule has 1 aliphatic rings. The van der Waals surface area contributed by atoms with Crippen LogP contribution < -0.4 is 0 Å². The summed E-state index contributed by atoms with van der Waals surface area (Å²) < 4.78 is 11.9. The molecule has 0 nitrogen and oxygen atoms in total. The van der Waals surface area contributed by atoms with Gasteiger partial charge < -0.3 is 0 Å². The second-order valence-corrected chi connectivity index (χ2v) is 2.16. The van der Waals surface area contributed by atoms with Gasteiger partial charge in [-0.25, -0.2) is 4.39 Å². The minimum atomic E-state index is -0.481. The fourth-order valence-electron chi connectivity index (χ4n) is 0.602. The predicted molar refractivity (Wildman–Crippen MR) is 35.0 cm³/mol. The summed E-state index contributed by atoms with van der Waals surface area (Å²) in [7, 11) is 0. The first-order chi connectivity index (χ1) is 3.73. The predicted octanol–water partition coefficient (Wildman–Crippen LogP) is 2.47. The van der Waals surface area contributed by atoms with E-state index >= 15 is 0 Å². The van der Waals surface area contributed by atoms with Crippen molar-refractivity contribution in [3.63, 3.8) is 0 Å². The molecule has 8 heavy (non-hydrogen) atoms. The third-order valence-electron chi connectivity index (χ3n) is 1.69. The Labute approximate surface area is 55.0 Å². The quantitative estimate of drug-likeness (QED) is 0.451. The van der Waals surface area contributed by atoms with E-state index in [1.54, 1.807) is 0 Å². The molecule has 2 unspecified atom stereocenters. The van der Waals surface area contributed by atoms with Crippen LogP contribution in [0.4, 0.5) is 4.39 Å². The summed E-state index contributed by atoms with van der Waals surface area (Å²) in [6.07, 6.45) is 0.991. The van der Waals surface area contributed by atoms with Crippen molar-refractivity contribution in [2.24, 2.45) is 11.8 Å². The van der Waals surface area contributed by atoms with E-state index in [1.165, 1.54) is 6.38 Å². The van der Waals surface area contributed by atoms with Crippen LogP contribution in [0.3, 0.4) is 0 Å². The number of alkyl halides is 2. The maximum absolute atomic E-state index is 11.9. The minimum absolute atomic E-state index is 0.352. The van der Waals surface area contributed by atoms with Gasteiger partial charge in [0.05, 0.1) is 0 Å². The summed E-state index contributed by atoms with van der Waals surface area (Å²) in [5.41, 5.74) is 0. The van der Waals surface area contributed by atoms with Crippen LogP contribution in [-0.4, -0.2) is 12.6 Å². The summed E-state index contributed by atoms with van der Waals surface area (Å²) in [5, 5.41) is 0. The second-order valence-electron chi connectivity index (χ2n) is 2.16. The van der Waals surface area contributed by atoms with Crippen molar-refractivity contribution in [3.05, 3.63) is 0 Å². The number of rotatable bonds is 0. The Hall–Kier alpha value is 0.220. The first-order valence-corrected chi connectivity index (χ1v) is 3.51. The second kappa shape index (κ2) is 3.29. The van der Waals surface area contributed by atoms with Gasteiger partial charge in [-0.15, -0.1) is 11.6 Å². The van der Waals surface area contributed by atoms with Crippen molar-refractivity contribution >= 4 is 11.6 Å². The number of hydrogen-bond acceptors (Lipinski definition) is 0. The lowest BCUT2D eigenvalue weighted by Crippen LogP contribution is -1.65. The molecule has 0 aromatic heterocycles. The van der Waals surface area contributed by atoms with E-state index in [9.17, 15) is 4.39 Å². The van der Waals surface area contributed by atoms with Gasteiger partial charge in [0, 0.05) is 6.38 Å². The lowest BCUT2D eigenvalue weighted by atomic mass is 10.4. The SMILES string of the molecule is CC1C(C)C1F.CCl. The fraction of sp³-hybridized carbons (Fsp3) is 1.00. The standard InChI is InChI=1S/C5H9F.CH3Cl/c1-3-4(2)5(3)6;1-2/h3-5H,1-2H3;1H3. The summed E-state index contributed by atoms with van der Waals surface area (Å²) in [5.74, 6) is 0.704. The van der Waals surface area contributed by atoms with Gasteiger partial charge in [-0.2, -0.15) is 0 Å². The van der Waals surface area contributed by atoms with Crippen LogP contribution >= 0.6 is 11.6 Å². The Bertz CT molecular complexity index is 45.3. The molecule has 0 amide bonds. The number of halogens is 2. The molecule has 0 spiro atoms. The molecular formula is C6H12ClF. The van der Waals surface area contributed by atoms with Crippen LogP contribution in [0.25, 0.3) is 0 Å². The number of hydrogen-bond donors (Lipinski definition) is 0. The van der Waals surface area contributed by atoms with Gasteiger partial charge in [0.1, 0.15) is 6.17 Å². The normalized spacial score (nSPS) is 42.4. The minimum Gasteiger partial charge on any atom is -0.247 e. The third kappa shape index (κ3) is 1.62. The Kier molecular flexibility index (Phi) is 3.38. The van der Waals surface area contributed by atoms with Crippen molar-refractivity contribution < 1.29 is 4.39 Å². The maximum atomic E-state index is 11.9.